The van der Waals surface area contributed by atoms with Crippen LogP contribution in [0.2, 0.25) is 0 Å². The average molecular weight is 300 g/mol. The predicted molar refractivity (Wildman–Crippen MR) is 79.8 cm³/mol. The highest BCUT2D eigenvalue weighted by molar-refractivity contribution is 6.18. The lowest BCUT2D eigenvalue weighted by atomic mass is 9.49. The summed E-state index contributed by atoms with van der Waals surface area (Å²) in [6.07, 6.45) is 7.51. The molecule has 0 atom stereocenters. The number of methoxy groups -OCH3 is 1. The SMILES string of the molecule is COCCN(CCCl)C(=O)C12CC3CC(CC(C3)C1)C2. The van der Waals surface area contributed by atoms with Gasteiger partial charge in [-0.1, -0.05) is 0 Å². The molecule has 0 aromatic heterocycles. The summed E-state index contributed by atoms with van der Waals surface area (Å²) in [5.74, 6) is 3.32. The molecule has 0 aromatic rings. The summed E-state index contributed by atoms with van der Waals surface area (Å²) >= 11 is 5.89. The van der Waals surface area contributed by atoms with Gasteiger partial charge in [-0.05, 0) is 56.3 Å². The molecule has 114 valence electrons. The first-order chi connectivity index (χ1) is 9.66. The number of alkyl halides is 1. The van der Waals surface area contributed by atoms with Crippen LogP contribution in [0.1, 0.15) is 38.5 Å². The molecule has 4 aliphatic rings. The third-order valence-corrected chi connectivity index (χ3v) is 5.87. The Balaban J connectivity index is 1.74. The number of ether oxygens (including phenoxy) is 1. The van der Waals surface area contributed by atoms with E-state index in [4.69, 9.17) is 16.3 Å². The molecule has 3 nitrogen and oxygen atoms in total. The first-order valence-electron chi connectivity index (χ1n) is 8.01. The Labute approximate surface area is 127 Å². The van der Waals surface area contributed by atoms with E-state index in [1.807, 2.05) is 4.90 Å². The van der Waals surface area contributed by atoms with Gasteiger partial charge in [0.05, 0.1) is 12.0 Å². The van der Waals surface area contributed by atoms with Crippen molar-refractivity contribution in [2.45, 2.75) is 38.5 Å². The van der Waals surface area contributed by atoms with Crippen molar-refractivity contribution >= 4 is 17.5 Å². The molecule has 4 saturated carbocycles. The van der Waals surface area contributed by atoms with E-state index in [1.54, 1.807) is 7.11 Å². The Hall–Kier alpha value is -0.280. The van der Waals surface area contributed by atoms with Crippen molar-refractivity contribution in [3.63, 3.8) is 0 Å². The highest BCUT2D eigenvalue weighted by Crippen LogP contribution is 2.60. The lowest BCUT2D eigenvalue weighted by Gasteiger charge is -2.56. The Morgan fingerprint density at radius 3 is 2.15 bits per heavy atom. The first kappa shape index (κ1) is 14.6. The molecule has 4 bridgehead atoms. The average Bonchev–Trinajstić information content (AvgIpc) is 2.41. The normalized spacial score (nSPS) is 38.2. The molecule has 4 aliphatic carbocycles. The van der Waals surface area contributed by atoms with Gasteiger partial charge in [-0.3, -0.25) is 4.79 Å². The number of carbonyl (C=O) groups is 1. The van der Waals surface area contributed by atoms with Crippen LogP contribution in [0, 0.1) is 23.2 Å². The van der Waals surface area contributed by atoms with Gasteiger partial charge < -0.3 is 9.64 Å². The molecular weight excluding hydrogens is 274 g/mol. The van der Waals surface area contributed by atoms with Crippen molar-refractivity contribution in [2.24, 2.45) is 23.2 Å². The van der Waals surface area contributed by atoms with Gasteiger partial charge in [0.25, 0.3) is 0 Å². The van der Waals surface area contributed by atoms with Crippen molar-refractivity contribution in [3.8, 4) is 0 Å². The number of amides is 1. The Kier molecular flexibility index (Phi) is 4.28. The lowest BCUT2D eigenvalue weighted by molar-refractivity contribution is -0.158. The second-order valence-electron chi connectivity index (χ2n) is 7.17. The minimum atomic E-state index is -0.0471. The monoisotopic (exact) mass is 299 g/mol. The molecule has 0 unspecified atom stereocenters. The second kappa shape index (κ2) is 5.84. The van der Waals surface area contributed by atoms with Gasteiger partial charge in [0.1, 0.15) is 0 Å². The fourth-order valence-corrected chi connectivity index (χ4v) is 5.53. The van der Waals surface area contributed by atoms with E-state index < -0.39 is 0 Å². The van der Waals surface area contributed by atoms with E-state index in [-0.39, 0.29) is 5.41 Å². The summed E-state index contributed by atoms with van der Waals surface area (Å²) in [5, 5.41) is 0. The van der Waals surface area contributed by atoms with Crippen molar-refractivity contribution in [1.29, 1.82) is 0 Å². The number of hydrogen-bond acceptors (Lipinski definition) is 2. The van der Waals surface area contributed by atoms with E-state index in [0.717, 1.165) is 37.0 Å². The maximum Gasteiger partial charge on any atom is 0.228 e. The van der Waals surface area contributed by atoms with E-state index in [9.17, 15) is 4.79 Å². The van der Waals surface area contributed by atoms with Crippen LogP contribution in [0.25, 0.3) is 0 Å². The molecule has 0 saturated heterocycles. The summed E-state index contributed by atoms with van der Waals surface area (Å²) in [6, 6.07) is 0. The molecule has 4 heteroatoms. The molecule has 0 spiro atoms. The maximum absolute atomic E-state index is 13.1. The summed E-state index contributed by atoms with van der Waals surface area (Å²) in [5.41, 5.74) is -0.0471. The van der Waals surface area contributed by atoms with Gasteiger partial charge in [-0.25, -0.2) is 0 Å². The Morgan fingerprint density at radius 1 is 1.15 bits per heavy atom. The molecule has 4 rings (SSSR count). The van der Waals surface area contributed by atoms with Crippen LogP contribution in [-0.4, -0.2) is 43.5 Å². The van der Waals surface area contributed by atoms with E-state index in [1.165, 1.54) is 19.3 Å². The smallest absolute Gasteiger partial charge is 0.228 e. The zero-order valence-electron chi connectivity index (χ0n) is 12.4. The van der Waals surface area contributed by atoms with Crippen molar-refractivity contribution < 1.29 is 9.53 Å². The van der Waals surface area contributed by atoms with Gasteiger partial charge in [-0.2, -0.15) is 0 Å². The number of carbonyl (C=O) groups excluding carboxylic acids is 1. The van der Waals surface area contributed by atoms with Gasteiger partial charge in [0, 0.05) is 26.1 Å². The predicted octanol–water partition coefficient (Wildman–Crippen LogP) is 2.92. The molecular formula is C16H26ClNO2. The Bertz CT molecular complexity index is 336. The van der Waals surface area contributed by atoms with Crippen molar-refractivity contribution in [3.05, 3.63) is 0 Å². The van der Waals surface area contributed by atoms with Gasteiger partial charge in [0.2, 0.25) is 5.91 Å². The minimum Gasteiger partial charge on any atom is -0.383 e. The summed E-state index contributed by atoms with van der Waals surface area (Å²) in [6.45, 7) is 1.95. The fraction of sp³-hybridized carbons (Fsp3) is 0.938. The number of halogens is 1. The summed E-state index contributed by atoms with van der Waals surface area (Å²) in [4.78, 5) is 15.1. The zero-order chi connectivity index (χ0) is 14.2. The molecule has 0 aromatic carbocycles. The molecule has 4 fully saturated rings. The van der Waals surface area contributed by atoms with Gasteiger partial charge >= 0.3 is 0 Å². The molecule has 1 amide bonds. The lowest BCUT2D eigenvalue weighted by Crippen LogP contribution is -2.55. The second-order valence-corrected chi connectivity index (χ2v) is 7.55. The van der Waals surface area contributed by atoms with Gasteiger partial charge in [0.15, 0.2) is 0 Å². The van der Waals surface area contributed by atoms with Crippen LogP contribution in [0.15, 0.2) is 0 Å². The van der Waals surface area contributed by atoms with Crippen LogP contribution in [-0.2, 0) is 9.53 Å². The topological polar surface area (TPSA) is 29.5 Å². The van der Waals surface area contributed by atoms with Crippen LogP contribution >= 0.6 is 11.6 Å². The third-order valence-electron chi connectivity index (χ3n) is 5.70. The van der Waals surface area contributed by atoms with Gasteiger partial charge in [-0.15, -0.1) is 11.6 Å². The number of nitrogens with zero attached hydrogens (tertiary/aromatic N) is 1. The summed E-state index contributed by atoms with van der Waals surface area (Å²) < 4.78 is 5.15. The van der Waals surface area contributed by atoms with E-state index >= 15 is 0 Å². The highest BCUT2D eigenvalue weighted by Gasteiger charge is 2.55. The zero-order valence-corrected chi connectivity index (χ0v) is 13.2. The Morgan fingerprint density at radius 2 is 1.70 bits per heavy atom. The molecule has 0 radical (unpaired) electrons. The van der Waals surface area contributed by atoms with Crippen LogP contribution in [0.3, 0.4) is 0 Å². The highest BCUT2D eigenvalue weighted by atomic mass is 35.5. The van der Waals surface area contributed by atoms with Crippen LogP contribution in [0.5, 0.6) is 0 Å². The first-order valence-corrected chi connectivity index (χ1v) is 8.54. The van der Waals surface area contributed by atoms with Crippen molar-refractivity contribution in [2.75, 3.05) is 32.7 Å². The molecule has 0 N–H and O–H groups in total. The van der Waals surface area contributed by atoms with E-state index in [2.05, 4.69) is 0 Å². The fourth-order valence-electron chi connectivity index (χ4n) is 5.33. The minimum absolute atomic E-state index is 0.0471. The third kappa shape index (κ3) is 2.59. The number of hydrogen-bond donors (Lipinski definition) is 0. The van der Waals surface area contributed by atoms with Crippen LogP contribution < -0.4 is 0 Å². The quantitative estimate of drug-likeness (QED) is 0.706. The van der Waals surface area contributed by atoms with Crippen molar-refractivity contribution in [1.82, 2.24) is 4.90 Å². The van der Waals surface area contributed by atoms with Crippen LogP contribution in [0.4, 0.5) is 0 Å². The molecule has 0 heterocycles. The standard InChI is InChI=1S/C16H26ClNO2/c1-20-5-4-18(3-2-17)15(19)16-9-12-6-13(10-16)8-14(7-12)11-16/h12-14H,2-11H2,1H3. The van der Waals surface area contributed by atoms with E-state index in [0.29, 0.717) is 31.5 Å². The molecule has 0 aliphatic heterocycles. The molecule has 20 heavy (non-hydrogen) atoms. The number of rotatable bonds is 6. The maximum atomic E-state index is 13.1. The largest absolute Gasteiger partial charge is 0.383 e. The summed E-state index contributed by atoms with van der Waals surface area (Å²) in [7, 11) is 1.69.